The van der Waals surface area contributed by atoms with Gasteiger partial charge in [0, 0.05) is 0 Å². The fourth-order valence-corrected chi connectivity index (χ4v) is 7.41. The fourth-order valence-electron chi connectivity index (χ4n) is 3.30. The number of halogens is 2. The quantitative estimate of drug-likeness (QED) is 0.475. The molecule has 3 heteroatoms. The van der Waals surface area contributed by atoms with E-state index < -0.39 is 23.2 Å². The summed E-state index contributed by atoms with van der Waals surface area (Å²) in [6.07, 6.45) is 10.1. The first-order valence-electron chi connectivity index (χ1n) is 8.43. The molecule has 0 bridgehead atoms. The molecule has 0 spiro atoms. The molecule has 2 aliphatic carbocycles. The first-order valence-corrected chi connectivity index (χ1v) is 10.9. The Morgan fingerprint density at radius 3 is 1.43 bits per heavy atom. The van der Waals surface area contributed by atoms with Crippen molar-refractivity contribution in [2.24, 2.45) is 11.8 Å². The Kier molecular flexibility index (Phi) is 11.1. The van der Waals surface area contributed by atoms with Gasteiger partial charge in [-0.3, -0.25) is 0 Å². The van der Waals surface area contributed by atoms with Crippen LogP contribution in [-0.2, 0) is 23.2 Å². The fraction of sp³-hybridized carbons (Fsp3) is 0.600. The normalized spacial score (nSPS) is 17.2. The van der Waals surface area contributed by atoms with Crippen molar-refractivity contribution in [3.63, 3.8) is 0 Å². The Morgan fingerprint density at radius 1 is 0.783 bits per heavy atom. The van der Waals surface area contributed by atoms with Crippen molar-refractivity contribution in [3.05, 3.63) is 41.0 Å². The molecule has 0 aromatic heterocycles. The summed E-state index contributed by atoms with van der Waals surface area (Å²) < 4.78 is 3.73. The van der Waals surface area contributed by atoms with Crippen LogP contribution in [-0.4, -0.2) is 0 Å². The molecule has 2 aliphatic rings. The van der Waals surface area contributed by atoms with E-state index in [9.17, 15) is 0 Å². The van der Waals surface area contributed by atoms with E-state index in [0.29, 0.717) is 0 Å². The van der Waals surface area contributed by atoms with Crippen LogP contribution in [0.2, 0.25) is 0 Å². The molecule has 0 heterocycles. The molecule has 128 valence electrons. The molecule has 0 fully saturated rings. The van der Waals surface area contributed by atoms with Crippen LogP contribution in [0.4, 0.5) is 0 Å². The van der Waals surface area contributed by atoms with E-state index in [1.165, 1.54) is 25.7 Å². The zero-order valence-corrected chi connectivity index (χ0v) is 21.0. The Labute approximate surface area is 176 Å². The van der Waals surface area contributed by atoms with Gasteiger partial charge in [-0.15, -0.1) is 0 Å². The molecule has 0 amide bonds. The summed E-state index contributed by atoms with van der Waals surface area (Å²) in [6.45, 7) is 14.1. The summed E-state index contributed by atoms with van der Waals surface area (Å²) in [5.74, 6) is 1.56. The van der Waals surface area contributed by atoms with Crippen molar-refractivity contribution in [3.8, 4) is 0 Å². The Balaban J connectivity index is 0.00000242. The van der Waals surface area contributed by atoms with Crippen LogP contribution in [0, 0.1) is 11.8 Å². The average Bonchev–Trinajstić information content (AvgIpc) is 2.88. The molecule has 0 N–H and O–H groups in total. The minimum absolute atomic E-state index is 0. The van der Waals surface area contributed by atoms with Crippen molar-refractivity contribution in [1.29, 1.82) is 0 Å². The van der Waals surface area contributed by atoms with Crippen LogP contribution < -0.4 is 34.0 Å². The van der Waals surface area contributed by atoms with Gasteiger partial charge in [-0.25, -0.2) is 0 Å². The SMILES string of the molecule is CC1=CC[C]([Zr+2][C]2=C(CC(C)C)C(C)=CC2)=C1CC(C)C.[Br-].[Br-]. The summed E-state index contributed by atoms with van der Waals surface area (Å²) in [5, 5.41) is 0. The van der Waals surface area contributed by atoms with Crippen LogP contribution in [0.15, 0.2) is 41.0 Å². The third kappa shape index (κ3) is 6.55. The van der Waals surface area contributed by atoms with E-state index in [4.69, 9.17) is 0 Å². The van der Waals surface area contributed by atoms with Gasteiger partial charge in [0.1, 0.15) is 0 Å². The monoisotopic (exact) mass is 518 g/mol. The molecule has 0 atom stereocenters. The average molecular weight is 521 g/mol. The summed E-state index contributed by atoms with van der Waals surface area (Å²) in [6, 6.07) is 0. The molecule has 0 aromatic carbocycles. The largest absolute Gasteiger partial charge is 1.00 e. The zero-order valence-electron chi connectivity index (χ0n) is 15.4. The summed E-state index contributed by atoms with van der Waals surface area (Å²) in [7, 11) is 0. The standard InChI is InChI=1S/2C10H15.2BrH.Zr/c2*1-8(2)7-10-6-4-5-9(10)3;;;/h2*5,8H,4,7H2,1-3H3;2*1H;/q;;;;+2/p-2. The van der Waals surface area contributed by atoms with Crippen molar-refractivity contribution in [2.75, 3.05) is 0 Å². The molecular weight excluding hydrogens is 491 g/mol. The maximum atomic E-state index is 2.48. The molecule has 23 heavy (non-hydrogen) atoms. The zero-order chi connectivity index (χ0) is 15.6. The van der Waals surface area contributed by atoms with E-state index in [1.54, 1.807) is 22.3 Å². The van der Waals surface area contributed by atoms with Crippen LogP contribution in [0.1, 0.15) is 67.2 Å². The minimum Gasteiger partial charge on any atom is -1.00 e. The molecule has 0 nitrogen and oxygen atoms in total. The second kappa shape index (κ2) is 10.7. The smallest absolute Gasteiger partial charge is 1.00 e. The van der Waals surface area contributed by atoms with Gasteiger partial charge in [0.15, 0.2) is 0 Å². The van der Waals surface area contributed by atoms with Crippen molar-refractivity contribution in [2.45, 2.75) is 67.2 Å². The number of rotatable bonds is 6. The van der Waals surface area contributed by atoms with E-state index >= 15 is 0 Å². The van der Waals surface area contributed by atoms with Crippen molar-refractivity contribution in [1.82, 2.24) is 0 Å². The van der Waals surface area contributed by atoms with E-state index in [-0.39, 0.29) is 34.0 Å². The molecule has 0 saturated heterocycles. The van der Waals surface area contributed by atoms with Gasteiger partial charge in [-0.05, 0) is 0 Å². The maximum absolute atomic E-state index is 2.48. The second-order valence-electron chi connectivity index (χ2n) is 7.42. The predicted octanol–water partition coefficient (Wildman–Crippen LogP) is 0.377. The third-order valence-electron chi connectivity index (χ3n) is 4.43. The Morgan fingerprint density at radius 2 is 1.13 bits per heavy atom. The number of allylic oxidation sites excluding steroid dienone is 8. The first-order chi connectivity index (χ1) is 9.88. The number of hydrogen-bond donors (Lipinski definition) is 0. The van der Waals surface area contributed by atoms with Crippen LogP contribution >= 0.6 is 0 Å². The van der Waals surface area contributed by atoms with Gasteiger partial charge < -0.3 is 34.0 Å². The molecule has 0 aliphatic heterocycles. The predicted molar refractivity (Wildman–Crippen MR) is 89.7 cm³/mol. The van der Waals surface area contributed by atoms with Gasteiger partial charge in [0.05, 0.1) is 0 Å². The summed E-state index contributed by atoms with van der Waals surface area (Å²) >= 11 is -0.548. The Bertz CT molecular complexity index is 486. The molecule has 0 radical (unpaired) electrons. The number of hydrogen-bond acceptors (Lipinski definition) is 0. The molecular formula is C20H30Br2Zr. The molecule has 2 rings (SSSR count). The first kappa shape index (κ1) is 23.8. The van der Waals surface area contributed by atoms with Crippen molar-refractivity contribution >= 4 is 0 Å². The van der Waals surface area contributed by atoms with Gasteiger partial charge in [0.2, 0.25) is 0 Å². The van der Waals surface area contributed by atoms with Crippen molar-refractivity contribution < 1.29 is 57.2 Å². The van der Waals surface area contributed by atoms with Crippen LogP contribution in [0.3, 0.4) is 0 Å². The van der Waals surface area contributed by atoms with E-state index in [1.807, 2.05) is 6.56 Å². The van der Waals surface area contributed by atoms with Crippen LogP contribution in [0.5, 0.6) is 0 Å². The van der Waals surface area contributed by atoms with E-state index in [0.717, 1.165) is 11.8 Å². The molecule has 0 unspecified atom stereocenters. The minimum atomic E-state index is -0.548. The second-order valence-corrected chi connectivity index (χ2v) is 11.0. The third-order valence-corrected chi connectivity index (χ3v) is 8.40. The van der Waals surface area contributed by atoms with Gasteiger partial charge in [-0.2, -0.15) is 0 Å². The summed E-state index contributed by atoms with van der Waals surface area (Å²) in [5.41, 5.74) is 6.62. The maximum Gasteiger partial charge on any atom is -1.00 e. The molecule has 0 saturated carbocycles. The van der Waals surface area contributed by atoms with Gasteiger partial charge in [0.25, 0.3) is 0 Å². The van der Waals surface area contributed by atoms with E-state index in [2.05, 4.69) is 53.7 Å². The van der Waals surface area contributed by atoms with Crippen LogP contribution in [0.25, 0.3) is 0 Å². The van der Waals surface area contributed by atoms with Gasteiger partial charge >= 0.3 is 143 Å². The van der Waals surface area contributed by atoms with Gasteiger partial charge in [-0.1, -0.05) is 0 Å². The Hall–Kier alpha value is 0.803. The summed E-state index contributed by atoms with van der Waals surface area (Å²) in [4.78, 5) is 0. The molecule has 0 aromatic rings. The topological polar surface area (TPSA) is 0 Å².